The molecule has 1 aliphatic heterocycles. The second-order valence-corrected chi connectivity index (χ2v) is 11.2. The minimum absolute atomic E-state index is 0.0455. The van der Waals surface area contributed by atoms with Gasteiger partial charge in [-0.2, -0.15) is 10.1 Å². The van der Waals surface area contributed by atoms with Gasteiger partial charge in [-0.25, -0.2) is 9.67 Å². The summed E-state index contributed by atoms with van der Waals surface area (Å²) >= 11 is 3.53. The molecule has 0 spiro atoms. The van der Waals surface area contributed by atoms with E-state index in [9.17, 15) is 14.4 Å². The smallest absolute Gasteiger partial charge is 0.229 e. The van der Waals surface area contributed by atoms with E-state index in [2.05, 4.69) is 41.6 Å². The van der Waals surface area contributed by atoms with Crippen molar-refractivity contribution >= 4 is 61.5 Å². The number of fused-ring (bicyclic) bond motifs is 2. The Bertz CT molecular complexity index is 1640. The Morgan fingerprint density at radius 1 is 1.21 bits per heavy atom. The maximum Gasteiger partial charge on any atom is 0.229 e. The summed E-state index contributed by atoms with van der Waals surface area (Å²) in [5.74, 6) is 0.150. The normalized spacial score (nSPS) is 21.3. The van der Waals surface area contributed by atoms with Gasteiger partial charge in [0.15, 0.2) is 5.65 Å². The Morgan fingerprint density at radius 3 is 2.77 bits per heavy atom. The summed E-state index contributed by atoms with van der Waals surface area (Å²) in [6.07, 6.45) is 6.19. The van der Waals surface area contributed by atoms with Crippen molar-refractivity contribution in [1.82, 2.24) is 34.9 Å². The number of hydrogen-bond acceptors (Lipinski definition) is 8. The quantitative estimate of drug-likeness (QED) is 0.326. The van der Waals surface area contributed by atoms with Gasteiger partial charge in [0.1, 0.15) is 4.60 Å². The molecule has 0 unspecified atom stereocenters. The number of carbonyl (C=O) groups is 3. The van der Waals surface area contributed by atoms with Crippen LogP contribution in [0.4, 0.5) is 5.95 Å². The minimum Gasteiger partial charge on any atom is -0.359 e. The Kier molecular flexibility index (Phi) is 6.29. The van der Waals surface area contributed by atoms with Gasteiger partial charge in [0.2, 0.25) is 23.7 Å². The first kappa shape index (κ1) is 25.4. The number of likely N-dealkylation sites (tertiary alicyclic amines) is 1. The summed E-state index contributed by atoms with van der Waals surface area (Å²) in [5.41, 5.74) is 2.36. The predicted molar refractivity (Wildman–Crippen MR) is 148 cm³/mol. The number of amides is 3. The number of rotatable bonds is 6. The second-order valence-electron chi connectivity index (χ2n) is 10.4. The predicted octanol–water partition coefficient (Wildman–Crippen LogP) is 3.49. The molecule has 3 aromatic heterocycles. The molecule has 4 aromatic rings. The van der Waals surface area contributed by atoms with Crippen molar-refractivity contribution < 1.29 is 14.4 Å². The van der Waals surface area contributed by atoms with Crippen LogP contribution in [0.5, 0.6) is 0 Å². The Hall–Kier alpha value is -3.93. The van der Waals surface area contributed by atoms with Crippen LogP contribution in [0.2, 0.25) is 0 Å². The molecule has 200 valence electrons. The van der Waals surface area contributed by atoms with Crippen LogP contribution in [0.1, 0.15) is 44.6 Å². The number of nitrogens with zero attached hydrogens (tertiary/aromatic N) is 6. The topological polar surface area (TPSA) is 135 Å². The summed E-state index contributed by atoms with van der Waals surface area (Å²) in [7, 11) is 1.67. The number of nitrogens with one attached hydrogen (secondary N) is 2. The molecular formula is C27H27BrN8O3. The number of pyridine rings is 1. The van der Waals surface area contributed by atoms with Crippen molar-refractivity contribution in [2.24, 2.45) is 5.41 Å². The van der Waals surface area contributed by atoms with E-state index in [1.807, 2.05) is 31.2 Å². The molecule has 2 N–H and O–H groups in total. The fourth-order valence-electron chi connectivity index (χ4n) is 5.64. The van der Waals surface area contributed by atoms with E-state index >= 15 is 0 Å². The maximum absolute atomic E-state index is 12.3. The molecule has 2 atom stereocenters. The lowest BCUT2D eigenvalue weighted by Gasteiger charge is -2.22. The number of anilines is 1. The fraction of sp³-hybridized carbons (Fsp3) is 0.370. The van der Waals surface area contributed by atoms with Crippen molar-refractivity contribution in [2.45, 2.75) is 51.6 Å². The SMILES string of the molecule is CNC(=O)[C@]1(C)CC[C@@H](Nc2ncc3c(Br)nn(-c4cc(CN5C(=O)CCC5=O)c5ncccc5c4)c3n2)C1. The van der Waals surface area contributed by atoms with Crippen LogP contribution in [0.25, 0.3) is 27.6 Å². The van der Waals surface area contributed by atoms with Crippen LogP contribution < -0.4 is 10.6 Å². The third-order valence-electron chi connectivity index (χ3n) is 7.73. The van der Waals surface area contributed by atoms with Crippen molar-refractivity contribution in [1.29, 1.82) is 0 Å². The molecule has 2 fully saturated rings. The first-order valence-electron chi connectivity index (χ1n) is 12.9. The van der Waals surface area contributed by atoms with Gasteiger partial charge in [0, 0.05) is 54.7 Å². The molecule has 6 rings (SSSR count). The number of hydrogen-bond donors (Lipinski definition) is 2. The highest BCUT2D eigenvalue weighted by molar-refractivity contribution is 9.10. The van der Waals surface area contributed by atoms with Gasteiger partial charge in [-0.3, -0.25) is 24.3 Å². The number of carbonyl (C=O) groups excluding carboxylic acids is 3. The average molecular weight is 591 g/mol. The molecule has 1 aromatic carbocycles. The van der Waals surface area contributed by atoms with Gasteiger partial charge in [0.05, 0.1) is 23.1 Å². The highest BCUT2D eigenvalue weighted by atomic mass is 79.9. The molecule has 1 aliphatic carbocycles. The summed E-state index contributed by atoms with van der Waals surface area (Å²) in [4.78, 5) is 52.2. The molecule has 2 aliphatic rings. The van der Waals surface area contributed by atoms with E-state index < -0.39 is 5.41 Å². The number of halogens is 1. The lowest BCUT2D eigenvalue weighted by molar-refractivity contribution is -0.139. The Labute approximate surface area is 232 Å². The fourth-order valence-corrected chi connectivity index (χ4v) is 6.07. The average Bonchev–Trinajstić information content (AvgIpc) is 3.59. The molecule has 4 heterocycles. The maximum atomic E-state index is 12.3. The lowest BCUT2D eigenvalue weighted by Crippen LogP contribution is -2.35. The van der Waals surface area contributed by atoms with Gasteiger partial charge in [0.25, 0.3) is 0 Å². The highest BCUT2D eigenvalue weighted by Crippen LogP contribution is 2.39. The van der Waals surface area contributed by atoms with Gasteiger partial charge in [-0.05, 0) is 53.4 Å². The summed E-state index contributed by atoms with van der Waals surface area (Å²) in [5, 5.41) is 12.4. The molecule has 11 nitrogen and oxygen atoms in total. The molecule has 1 saturated heterocycles. The summed E-state index contributed by atoms with van der Waals surface area (Å²) < 4.78 is 2.31. The number of benzene rings is 1. The van der Waals surface area contributed by atoms with E-state index in [1.54, 1.807) is 24.1 Å². The first-order valence-corrected chi connectivity index (χ1v) is 13.7. The van der Waals surface area contributed by atoms with Gasteiger partial charge in [-0.1, -0.05) is 13.0 Å². The van der Waals surface area contributed by atoms with Crippen LogP contribution in [0.15, 0.2) is 41.3 Å². The van der Waals surface area contributed by atoms with E-state index in [4.69, 9.17) is 4.98 Å². The first-order chi connectivity index (χ1) is 18.8. The molecule has 1 saturated carbocycles. The van der Waals surface area contributed by atoms with Crippen LogP contribution in [-0.2, 0) is 20.9 Å². The van der Waals surface area contributed by atoms with Crippen molar-refractivity contribution in [2.75, 3.05) is 12.4 Å². The lowest BCUT2D eigenvalue weighted by atomic mass is 9.87. The van der Waals surface area contributed by atoms with E-state index in [1.165, 1.54) is 4.90 Å². The zero-order valence-corrected chi connectivity index (χ0v) is 23.2. The minimum atomic E-state index is -0.422. The van der Waals surface area contributed by atoms with E-state index in [-0.39, 0.29) is 43.1 Å². The van der Waals surface area contributed by atoms with Gasteiger partial charge >= 0.3 is 0 Å². The van der Waals surface area contributed by atoms with Gasteiger partial charge < -0.3 is 10.6 Å². The van der Waals surface area contributed by atoms with Crippen LogP contribution in [0.3, 0.4) is 0 Å². The third kappa shape index (κ3) is 4.52. The van der Waals surface area contributed by atoms with Crippen molar-refractivity contribution in [3.05, 3.63) is 46.8 Å². The van der Waals surface area contributed by atoms with Crippen molar-refractivity contribution in [3.8, 4) is 5.69 Å². The van der Waals surface area contributed by atoms with Gasteiger partial charge in [-0.15, -0.1) is 0 Å². The third-order valence-corrected chi connectivity index (χ3v) is 8.31. The van der Waals surface area contributed by atoms with E-state index in [0.717, 1.165) is 40.4 Å². The molecule has 39 heavy (non-hydrogen) atoms. The molecule has 3 amide bonds. The zero-order valence-electron chi connectivity index (χ0n) is 21.6. The number of aromatic nitrogens is 5. The van der Waals surface area contributed by atoms with Crippen LogP contribution in [-0.4, -0.2) is 60.4 Å². The molecular weight excluding hydrogens is 564 g/mol. The largest absolute Gasteiger partial charge is 0.359 e. The zero-order chi connectivity index (χ0) is 27.3. The Morgan fingerprint density at radius 2 is 2.00 bits per heavy atom. The second kappa shape index (κ2) is 9.67. The van der Waals surface area contributed by atoms with Crippen LogP contribution in [0, 0.1) is 5.41 Å². The summed E-state index contributed by atoms with van der Waals surface area (Å²) in [6, 6.07) is 7.71. The molecule has 0 radical (unpaired) electrons. The monoisotopic (exact) mass is 590 g/mol. The summed E-state index contributed by atoms with van der Waals surface area (Å²) in [6.45, 7) is 2.13. The molecule has 12 heteroatoms. The van der Waals surface area contributed by atoms with Crippen molar-refractivity contribution in [3.63, 3.8) is 0 Å². The van der Waals surface area contributed by atoms with E-state index in [0.29, 0.717) is 22.6 Å². The Balaban J connectivity index is 1.37. The van der Waals surface area contributed by atoms with Crippen LogP contribution >= 0.6 is 15.9 Å². The molecule has 0 bridgehead atoms. The highest BCUT2D eigenvalue weighted by Gasteiger charge is 2.41. The standard InChI is InChI=1S/C27H27BrN8O3/c1-27(25(39)29-2)8-7-17(12-27)32-26-31-13-19-23(28)34-36(24(19)33-26)18-10-15-4-3-9-30-22(15)16(11-18)14-35-20(37)5-6-21(35)38/h3-4,9-11,13,17H,5-8,12,14H2,1-2H3,(H,29,39)(H,31,32,33)/t17-,27-/m1/s1. The number of imide groups is 1.